The third-order valence-electron chi connectivity index (χ3n) is 3.09. The summed E-state index contributed by atoms with van der Waals surface area (Å²) < 4.78 is 38.2. The molecule has 0 saturated carbocycles. The molecule has 0 unspecified atom stereocenters. The van der Waals surface area contributed by atoms with Crippen LogP contribution in [-0.4, -0.2) is 47.8 Å². The average Bonchev–Trinajstić information content (AvgIpc) is 2.66. The fraction of sp³-hybridized carbons (Fsp3) is 0.308. The number of alkyl halides is 3. The lowest BCUT2D eigenvalue weighted by Gasteiger charge is -2.15. The van der Waals surface area contributed by atoms with E-state index in [1.54, 1.807) is 0 Å². The monoisotopic (exact) mass is 393 g/mol. The van der Waals surface area contributed by atoms with Crippen LogP contribution < -0.4 is 5.32 Å². The predicted molar refractivity (Wildman–Crippen MR) is 77.5 cm³/mol. The maximum absolute atomic E-state index is 12.8. The van der Waals surface area contributed by atoms with Gasteiger partial charge in [0.15, 0.2) is 0 Å². The van der Waals surface area contributed by atoms with E-state index in [0.29, 0.717) is 0 Å². The first-order valence-corrected chi connectivity index (χ1v) is 7.11. The number of carbonyl (C=O) groups is 3. The van der Waals surface area contributed by atoms with Crippen molar-refractivity contribution in [3.05, 3.63) is 28.2 Å². The van der Waals surface area contributed by atoms with Gasteiger partial charge in [-0.2, -0.15) is 13.2 Å². The van der Waals surface area contributed by atoms with E-state index in [-0.39, 0.29) is 16.7 Å². The SMILES string of the molecule is CN1CC(=O)N(CC(=O)Nc2ccc(Br)c(C(F)(F)F)c2)C1=O. The normalized spacial score (nSPS) is 15.3. The topological polar surface area (TPSA) is 69.7 Å². The number of hydrogen-bond acceptors (Lipinski definition) is 3. The number of benzene rings is 1. The number of halogens is 4. The van der Waals surface area contributed by atoms with E-state index in [0.717, 1.165) is 21.9 Å². The van der Waals surface area contributed by atoms with Crippen LogP contribution in [0.15, 0.2) is 22.7 Å². The molecule has 1 aromatic rings. The lowest BCUT2D eigenvalue weighted by molar-refractivity contribution is -0.138. The van der Waals surface area contributed by atoms with Crippen molar-refractivity contribution >= 4 is 39.5 Å². The molecule has 1 N–H and O–H groups in total. The molecule has 6 nitrogen and oxygen atoms in total. The molecule has 0 bridgehead atoms. The van der Waals surface area contributed by atoms with Gasteiger partial charge in [-0.15, -0.1) is 0 Å². The van der Waals surface area contributed by atoms with Crippen molar-refractivity contribution in [1.82, 2.24) is 9.80 Å². The van der Waals surface area contributed by atoms with Crippen molar-refractivity contribution in [3.8, 4) is 0 Å². The van der Waals surface area contributed by atoms with Crippen LogP contribution in [0.5, 0.6) is 0 Å². The highest BCUT2D eigenvalue weighted by Gasteiger charge is 2.35. The Morgan fingerprint density at radius 1 is 1.35 bits per heavy atom. The molecule has 10 heteroatoms. The molecular formula is C13H11BrF3N3O3. The van der Waals surface area contributed by atoms with E-state index in [1.165, 1.54) is 13.1 Å². The maximum atomic E-state index is 12.8. The zero-order valence-electron chi connectivity index (χ0n) is 11.8. The molecule has 1 aliphatic heterocycles. The number of carbonyl (C=O) groups excluding carboxylic acids is 3. The van der Waals surface area contributed by atoms with E-state index >= 15 is 0 Å². The van der Waals surface area contributed by atoms with E-state index in [1.807, 2.05) is 0 Å². The highest BCUT2D eigenvalue weighted by atomic mass is 79.9. The molecular weight excluding hydrogens is 383 g/mol. The Morgan fingerprint density at radius 2 is 2.00 bits per heavy atom. The van der Waals surface area contributed by atoms with E-state index in [4.69, 9.17) is 0 Å². The lowest BCUT2D eigenvalue weighted by atomic mass is 10.2. The summed E-state index contributed by atoms with van der Waals surface area (Å²) in [5.41, 5.74) is -1.03. The molecule has 1 aromatic carbocycles. The molecule has 2 rings (SSSR count). The highest BCUT2D eigenvalue weighted by molar-refractivity contribution is 9.10. The van der Waals surface area contributed by atoms with Crippen molar-refractivity contribution < 1.29 is 27.6 Å². The largest absolute Gasteiger partial charge is 0.417 e. The van der Waals surface area contributed by atoms with Gasteiger partial charge in [0.25, 0.3) is 5.91 Å². The molecule has 0 aliphatic carbocycles. The molecule has 124 valence electrons. The van der Waals surface area contributed by atoms with E-state index in [2.05, 4.69) is 21.2 Å². The third-order valence-corrected chi connectivity index (χ3v) is 3.78. The summed E-state index contributed by atoms with van der Waals surface area (Å²) in [6, 6.07) is 2.56. The second-order valence-corrected chi connectivity index (χ2v) is 5.71. The van der Waals surface area contributed by atoms with Crippen molar-refractivity contribution in [2.75, 3.05) is 25.5 Å². The van der Waals surface area contributed by atoms with Crippen LogP contribution in [0.2, 0.25) is 0 Å². The first kappa shape index (κ1) is 17.3. The molecule has 0 atom stereocenters. The first-order valence-electron chi connectivity index (χ1n) is 6.31. The summed E-state index contributed by atoms with van der Waals surface area (Å²) in [7, 11) is 1.41. The first-order chi connectivity index (χ1) is 10.6. The number of likely N-dealkylation sites (N-methyl/N-ethyl adjacent to an activating group) is 1. The van der Waals surface area contributed by atoms with Crippen molar-refractivity contribution in [3.63, 3.8) is 0 Å². The van der Waals surface area contributed by atoms with Crippen LogP contribution >= 0.6 is 15.9 Å². The van der Waals surface area contributed by atoms with E-state index < -0.39 is 36.1 Å². The molecule has 23 heavy (non-hydrogen) atoms. The molecule has 4 amide bonds. The number of nitrogens with zero attached hydrogens (tertiary/aromatic N) is 2. The van der Waals surface area contributed by atoms with Crippen molar-refractivity contribution in [1.29, 1.82) is 0 Å². The molecule has 1 saturated heterocycles. The van der Waals surface area contributed by atoms with Gasteiger partial charge in [-0.3, -0.25) is 14.5 Å². The molecule has 1 heterocycles. The third kappa shape index (κ3) is 3.81. The Balaban J connectivity index is 2.09. The number of urea groups is 1. The quantitative estimate of drug-likeness (QED) is 0.801. The number of amides is 4. The predicted octanol–water partition coefficient (Wildman–Crippen LogP) is 2.30. The summed E-state index contributed by atoms with van der Waals surface area (Å²) in [6.07, 6.45) is -4.58. The van der Waals surface area contributed by atoms with Gasteiger partial charge in [0.05, 0.1) is 5.56 Å². The number of rotatable bonds is 3. The number of nitrogens with one attached hydrogen (secondary N) is 1. The number of hydrogen-bond donors (Lipinski definition) is 1. The Bertz CT molecular complexity index is 678. The fourth-order valence-corrected chi connectivity index (χ4v) is 2.46. The molecule has 0 spiro atoms. The van der Waals surface area contributed by atoms with Crippen molar-refractivity contribution in [2.24, 2.45) is 0 Å². The fourth-order valence-electron chi connectivity index (χ4n) is 1.99. The summed E-state index contributed by atoms with van der Waals surface area (Å²) in [5, 5.41) is 2.24. The summed E-state index contributed by atoms with van der Waals surface area (Å²) in [4.78, 5) is 36.9. The van der Waals surface area contributed by atoms with Gasteiger partial charge in [0, 0.05) is 17.2 Å². The molecule has 1 fully saturated rings. The Hall–Kier alpha value is -2.10. The second-order valence-electron chi connectivity index (χ2n) is 4.86. The molecule has 1 aliphatic rings. The summed E-state index contributed by atoms with van der Waals surface area (Å²) in [6.45, 7) is -0.692. The van der Waals surface area contributed by atoms with Crippen molar-refractivity contribution in [2.45, 2.75) is 6.18 Å². The average molecular weight is 394 g/mol. The van der Waals surface area contributed by atoms with E-state index in [9.17, 15) is 27.6 Å². The van der Waals surface area contributed by atoms with Crippen LogP contribution in [0.3, 0.4) is 0 Å². The number of imide groups is 1. The minimum Gasteiger partial charge on any atom is -0.325 e. The van der Waals surface area contributed by atoms with Crippen LogP contribution in [0.25, 0.3) is 0 Å². The van der Waals surface area contributed by atoms with Crippen LogP contribution in [0.4, 0.5) is 23.7 Å². The smallest absolute Gasteiger partial charge is 0.325 e. The maximum Gasteiger partial charge on any atom is 0.417 e. The van der Waals surface area contributed by atoms with Gasteiger partial charge in [0.2, 0.25) is 5.91 Å². The minimum atomic E-state index is -4.58. The Labute approximate surface area is 137 Å². The zero-order chi connectivity index (χ0) is 17.4. The van der Waals surface area contributed by atoms with Crippen LogP contribution in [-0.2, 0) is 15.8 Å². The number of anilines is 1. The summed E-state index contributed by atoms with van der Waals surface area (Å²) >= 11 is 2.79. The standard InChI is InChI=1S/C13H11BrF3N3O3/c1-19-6-11(22)20(12(19)23)5-10(21)18-7-2-3-9(14)8(4-7)13(15,16)17/h2-4H,5-6H2,1H3,(H,18,21). The van der Waals surface area contributed by atoms with Gasteiger partial charge >= 0.3 is 12.2 Å². The zero-order valence-corrected chi connectivity index (χ0v) is 13.4. The molecule has 0 aromatic heterocycles. The van der Waals surface area contributed by atoms with Gasteiger partial charge in [-0.25, -0.2) is 4.79 Å². The van der Waals surface area contributed by atoms with Gasteiger partial charge in [-0.05, 0) is 18.2 Å². The second kappa shape index (κ2) is 6.19. The summed E-state index contributed by atoms with van der Waals surface area (Å²) in [5.74, 6) is -1.31. The van der Waals surface area contributed by atoms with Crippen LogP contribution in [0.1, 0.15) is 5.56 Å². The van der Waals surface area contributed by atoms with Gasteiger partial charge in [0.1, 0.15) is 13.1 Å². The molecule has 0 radical (unpaired) electrons. The highest BCUT2D eigenvalue weighted by Crippen LogP contribution is 2.36. The Morgan fingerprint density at radius 3 is 2.52 bits per heavy atom. The minimum absolute atomic E-state index is 0.0852. The lowest BCUT2D eigenvalue weighted by Crippen LogP contribution is -2.38. The van der Waals surface area contributed by atoms with Gasteiger partial charge in [-0.1, -0.05) is 15.9 Å². The Kier molecular flexibility index (Phi) is 4.64. The van der Waals surface area contributed by atoms with Crippen LogP contribution in [0, 0.1) is 0 Å². The van der Waals surface area contributed by atoms with Gasteiger partial charge < -0.3 is 10.2 Å².